The summed E-state index contributed by atoms with van der Waals surface area (Å²) >= 11 is 0. The monoisotopic (exact) mass is 188 g/mol. The van der Waals surface area contributed by atoms with Gasteiger partial charge in [0, 0.05) is 19.7 Å². The first-order chi connectivity index (χ1) is 6.01. The van der Waals surface area contributed by atoms with Crippen molar-refractivity contribution in [1.82, 2.24) is 4.90 Å². The fraction of sp³-hybridized carbons (Fsp3) is 1.00. The molecule has 0 aliphatic heterocycles. The van der Waals surface area contributed by atoms with E-state index in [1.54, 1.807) is 7.11 Å². The van der Waals surface area contributed by atoms with Crippen LogP contribution in [-0.4, -0.2) is 43.8 Å². The number of ether oxygens (including phenoxy) is 1. The summed E-state index contributed by atoms with van der Waals surface area (Å²) in [6, 6.07) is 0.545. The van der Waals surface area contributed by atoms with Gasteiger partial charge in [0.15, 0.2) is 0 Å². The van der Waals surface area contributed by atoms with Crippen molar-refractivity contribution in [2.24, 2.45) is 5.73 Å². The van der Waals surface area contributed by atoms with Crippen molar-refractivity contribution in [3.05, 3.63) is 0 Å². The third kappa shape index (κ3) is 3.25. The molecular formula is C10H24N2O. The van der Waals surface area contributed by atoms with Crippen LogP contribution in [0.25, 0.3) is 0 Å². The van der Waals surface area contributed by atoms with Gasteiger partial charge >= 0.3 is 0 Å². The topological polar surface area (TPSA) is 38.5 Å². The molecule has 2 atom stereocenters. The number of methoxy groups -OCH3 is 1. The zero-order chi connectivity index (χ0) is 10.5. The molecule has 0 aromatic rings. The quantitative estimate of drug-likeness (QED) is 0.678. The average molecular weight is 188 g/mol. The van der Waals surface area contributed by atoms with Crippen molar-refractivity contribution >= 4 is 0 Å². The molecule has 0 radical (unpaired) electrons. The first-order valence-corrected chi connectivity index (χ1v) is 4.93. The summed E-state index contributed by atoms with van der Waals surface area (Å²) in [4.78, 5) is 2.30. The van der Waals surface area contributed by atoms with Crippen LogP contribution in [0.1, 0.15) is 27.2 Å². The largest absolute Gasteiger partial charge is 0.383 e. The predicted octanol–water partition coefficient (Wildman–Crippen LogP) is 1.08. The molecule has 0 rings (SSSR count). The summed E-state index contributed by atoms with van der Waals surface area (Å²) < 4.78 is 5.19. The van der Waals surface area contributed by atoms with E-state index in [-0.39, 0.29) is 5.54 Å². The molecule has 0 aromatic carbocycles. The van der Waals surface area contributed by atoms with Gasteiger partial charge in [0.1, 0.15) is 0 Å². The molecule has 3 nitrogen and oxygen atoms in total. The van der Waals surface area contributed by atoms with Crippen LogP contribution < -0.4 is 5.73 Å². The molecule has 0 saturated carbocycles. The Hall–Kier alpha value is -0.120. The third-order valence-corrected chi connectivity index (χ3v) is 3.00. The van der Waals surface area contributed by atoms with E-state index >= 15 is 0 Å². The molecule has 2 N–H and O–H groups in total. The molecule has 80 valence electrons. The van der Waals surface area contributed by atoms with Crippen LogP contribution in [0.3, 0.4) is 0 Å². The Kier molecular flexibility index (Phi) is 5.53. The number of likely N-dealkylation sites (N-methyl/N-ethyl adjacent to an activating group) is 1. The van der Waals surface area contributed by atoms with Gasteiger partial charge in [0.25, 0.3) is 0 Å². The van der Waals surface area contributed by atoms with Crippen molar-refractivity contribution < 1.29 is 4.74 Å². The van der Waals surface area contributed by atoms with E-state index in [2.05, 4.69) is 32.7 Å². The number of nitrogens with two attached hydrogens (primary N) is 1. The van der Waals surface area contributed by atoms with Crippen LogP contribution in [0.4, 0.5) is 0 Å². The minimum absolute atomic E-state index is 0.0375. The Morgan fingerprint density at radius 2 is 2.08 bits per heavy atom. The Morgan fingerprint density at radius 1 is 1.54 bits per heavy atom. The lowest BCUT2D eigenvalue weighted by Crippen LogP contribution is -2.55. The first kappa shape index (κ1) is 12.9. The highest BCUT2D eigenvalue weighted by Gasteiger charge is 2.30. The van der Waals surface area contributed by atoms with Crippen LogP contribution in [0, 0.1) is 0 Å². The fourth-order valence-corrected chi connectivity index (χ4v) is 1.42. The predicted molar refractivity (Wildman–Crippen MR) is 56.9 cm³/mol. The smallest absolute Gasteiger partial charge is 0.0656 e. The zero-order valence-electron chi connectivity index (χ0n) is 9.63. The van der Waals surface area contributed by atoms with Crippen LogP contribution in [0.2, 0.25) is 0 Å². The van der Waals surface area contributed by atoms with Gasteiger partial charge in [-0.05, 0) is 27.3 Å². The van der Waals surface area contributed by atoms with E-state index in [9.17, 15) is 0 Å². The molecule has 0 bridgehead atoms. The van der Waals surface area contributed by atoms with Gasteiger partial charge in [-0.1, -0.05) is 6.92 Å². The number of hydrogen-bond donors (Lipinski definition) is 1. The number of rotatable bonds is 6. The second-order valence-electron chi connectivity index (χ2n) is 4.00. The number of hydrogen-bond acceptors (Lipinski definition) is 3. The summed E-state index contributed by atoms with van der Waals surface area (Å²) in [5, 5.41) is 0. The van der Waals surface area contributed by atoms with Crippen molar-refractivity contribution in [3.63, 3.8) is 0 Å². The molecule has 3 heteroatoms. The van der Waals surface area contributed by atoms with Gasteiger partial charge in [0.05, 0.1) is 12.1 Å². The Labute approximate surface area is 82.2 Å². The van der Waals surface area contributed by atoms with Gasteiger partial charge in [-0.3, -0.25) is 4.90 Å². The molecule has 0 spiro atoms. The van der Waals surface area contributed by atoms with Crippen LogP contribution in [0.15, 0.2) is 0 Å². The standard InChI is InChI=1S/C10H24N2O/c1-6-9(2)12(4)10(3,7-11)8-13-5/h9H,6-8,11H2,1-5H3. The molecule has 0 aliphatic carbocycles. The van der Waals surface area contributed by atoms with E-state index in [4.69, 9.17) is 10.5 Å². The molecule has 2 unspecified atom stereocenters. The molecule has 0 aliphatic rings. The van der Waals surface area contributed by atoms with Gasteiger partial charge in [-0.2, -0.15) is 0 Å². The summed E-state index contributed by atoms with van der Waals surface area (Å²) in [5.41, 5.74) is 5.73. The first-order valence-electron chi connectivity index (χ1n) is 4.93. The van der Waals surface area contributed by atoms with E-state index in [0.29, 0.717) is 19.2 Å². The maximum Gasteiger partial charge on any atom is 0.0656 e. The highest BCUT2D eigenvalue weighted by molar-refractivity contribution is 4.87. The van der Waals surface area contributed by atoms with Crippen molar-refractivity contribution in [1.29, 1.82) is 0 Å². The van der Waals surface area contributed by atoms with Crippen LogP contribution >= 0.6 is 0 Å². The van der Waals surface area contributed by atoms with Gasteiger partial charge in [-0.25, -0.2) is 0 Å². The minimum Gasteiger partial charge on any atom is -0.383 e. The van der Waals surface area contributed by atoms with Gasteiger partial charge < -0.3 is 10.5 Å². The lowest BCUT2D eigenvalue weighted by Gasteiger charge is -2.41. The van der Waals surface area contributed by atoms with Crippen molar-refractivity contribution in [2.75, 3.05) is 27.3 Å². The maximum absolute atomic E-state index is 5.76. The highest BCUT2D eigenvalue weighted by atomic mass is 16.5. The Bertz CT molecular complexity index is 141. The van der Waals surface area contributed by atoms with Crippen molar-refractivity contribution in [3.8, 4) is 0 Å². The molecule has 0 aromatic heterocycles. The average Bonchev–Trinajstić information content (AvgIpc) is 2.15. The summed E-state index contributed by atoms with van der Waals surface area (Å²) in [6.45, 7) is 7.85. The van der Waals surface area contributed by atoms with E-state index in [0.717, 1.165) is 6.42 Å². The van der Waals surface area contributed by atoms with Gasteiger partial charge in [-0.15, -0.1) is 0 Å². The third-order valence-electron chi connectivity index (χ3n) is 3.00. The van der Waals surface area contributed by atoms with Crippen LogP contribution in [-0.2, 0) is 4.74 Å². The molecule has 0 saturated heterocycles. The molecule has 0 fully saturated rings. The zero-order valence-corrected chi connectivity index (χ0v) is 9.63. The molecule has 13 heavy (non-hydrogen) atoms. The maximum atomic E-state index is 5.76. The lowest BCUT2D eigenvalue weighted by molar-refractivity contribution is 0.0210. The highest BCUT2D eigenvalue weighted by Crippen LogP contribution is 2.16. The van der Waals surface area contributed by atoms with Crippen molar-refractivity contribution in [2.45, 2.75) is 38.8 Å². The second-order valence-corrected chi connectivity index (χ2v) is 4.00. The Morgan fingerprint density at radius 3 is 2.38 bits per heavy atom. The molecule has 0 amide bonds. The lowest BCUT2D eigenvalue weighted by atomic mass is 9.99. The second kappa shape index (κ2) is 5.58. The molecule has 0 heterocycles. The van der Waals surface area contributed by atoms with E-state index in [1.807, 2.05) is 0 Å². The van der Waals surface area contributed by atoms with E-state index < -0.39 is 0 Å². The minimum atomic E-state index is -0.0375. The SMILES string of the molecule is CCC(C)N(C)C(C)(CN)COC. The summed E-state index contributed by atoms with van der Waals surface area (Å²) in [5.74, 6) is 0. The van der Waals surface area contributed by atoms with Gasteiger partial charge in [0.2, 0.25) is 0 Å². The molecular weight excluding hydrogens is 164 g/mol. The Balaban J connectivity index is 4.35. The summed E-state index contributed by atoms with van der Waals surface area (Å²) in [7, 11) is 3.83. The fourth-order valence-electron chi connectivity index (χ4n) is 1.42. The number of nitrogens with zero attached hydrogens (tertiary/aromatic N) is 1. The van der Waals surface area contributed by atoms with E-state index in [1.165, 1.54) is 0 Å². The normalized spacial score (nSPS) is 18.7. The van der Waals surface area contributed by atoms with Crippen LogP contribution in [0.5, 0.6) is 0 Å². The summed E-state index contributed by atoms with van der Waals surface area (Å²) in [6.07, 6.45) is 1.13.